The van der Waals surface area contributed by atoms with Crippen molar-refractivity contribution in [3.8, 4) is 0 Å². The third kappa shape index (κ3) is 4.31. The van der Waals surface area contributed by atoms with E-state index in [2.05, 4.69) is 4.40 Å². The molecule has 0 spiro atoms. The number of nitrogens with zero attached hydrogens (tertiary/aromatic N) is 1. The van der Waals surface area contributed by atoms with Crippen LogP contribution >= 0.6 is 0 Å². The lowest BCUT2D eigenvalue weighted by molar-refractivity contribution is -0.144. The predicted octanol–water partition coefficient (Wildman–Crippen LogP) is 2.06. The van der Waals surface area contributed by atoms with Crippen LogP contribution in [-0.2, 0) is 20.5 Å². The Morgan fingerprint density at radius 2 is 1.94 bits per heavy atom. The maximum absolute atomic E-state index is 11.6. The molecule has 1 aliphatic rings. The van der Waals surface area contributed by atoms with E-state index in [0.29, 0.717) is 13.2 Å². The summed E-state index contributed by atoms with van der Waals surface area (Å²) in [4.78, 5) is 0. The Kier molecular flexibility index (Phi) is 4.64. The van der Waals surface area contributed by atoms with Gasteiger partial charge in [0, 0.05) is 12.6 Å². The smallest absolute Gasteiger partial charge is 0.166 e. The average molecular weight is 247 g/mol. The van der Waals surface area contributed by atoms with Crippen LogP contribution in [0.25, 0.3) is 0 Å². The fourth-order valence-corrected chi connectivity index (χ4v) is 1.86. The first-order chi connectivity index (χ1) is 7.33. The first kappa shape index (κ1) is 13.8. The first-order valence-corrected chi connectivity index (χ1v) is 6.67. The van der Waals surface area contributed by atoms with Crippen molar-refractivity contribution < 1.29 is 13.7 Å². The highest BCUT2D eigenvalue weighted by atomic mass is 32.2. The van der Waals surface area contributed by atoms with Gasteiger partial charge >= 0.3 is 0 Å². The second-order valence-corrected chi connectivity index (χ2v) is 6.95. The molecule has 4 nitrogen and oxygen atoms in total. The zero-order valence-corrected chi connectivity index (χ0v) is 11.3. The van der Waals surface area contributed by atoms with Gasteiger partial charge in [0.1, 0.15) is 11.0 Å². The molecule has 0 aliphatic carbocycles. The van der Waals surface area contributed by atoms with E-state index >= 15 is 0 Å². The van der Waals surface area contributed by atoms with Crippen LogP contribution in [0.4, 0.5) is 0 Å². The maximum atomic E-state index is 11.6. The van der Waals surface area contributed by atoms with Gasteiger partial charge in [0.25, 0.3) is 0 Å². The van der Waals surface area contributed by atoms with Gasteiger partial charge in [0.05, 0.1) is 18.0 Å². The molecule has 0 N–H and O–H groups in total. The molecule has 0 aromatic rings. The van der Waals surface area contributed by atoms with E-state index in [1.807, 2.05) is 27.7 Å². The van der Waals surface area contributed by atoms with E-state index in [4.69, 9.17) is 9.47 Å². The quantitative estimate of drug-likeness (QED) is 0.714. The minimum Gasteiger partial charge on any atom is -0.348 e. The lowest BCUT2D eigenvalue weighted by Crippen LogP contribution is -2.25. The van der Waals surface area contributed by atoms with Gasteiger partial charge in [-0.05, 0) is 34.1 Å². The summed E-state index contributed by atoms with van der Waals surface area (Å²) < 4.78 is 26.2. The minimum absolute atomic E-state index is 0.291. The summed E-state index contributed by atoms with van der Waals surface area (Å²) >= 11 is 0. The molecule has 1 atom stereocenters. The molecule has 0 amide bonds. The van der Waals surface area contributed by atoms with Crippen LogP contribution in [0.2, 0.25) is 0 Å². The van der Waals surface area contributed by atoms with E-state index in [9.17, 15) is 4.21 Å². The largest absolute Gasteiger partial charge is 0.348 e. The fourth-order valence-electron chi connectivity index (χ4n) is 1.31. The fraction of sp³-hybridized carbons (Fsp3) is 0.909. The van der Waals surface area contributed by atoms with Crippen LogP contribution < -0.4 is 0 Å². The van der Waals surface area contributed by atoms with Crippen molar-refractivity contribution in [1.82, 2.24) is 0 Å². The molecular weight excluding hydrogens is 226 g/mol. The monoisotopic (exact) mass is 247 g/mol. The second-order valence-electron chi connectivity index (χ2n) is 5.02. The zero-order valence-electron chi connectivity index (χ0n) is 10.5. The van der Waals surface area contributed by atoms with E-state index in [-0.39, 0.29) is 4.75 Å². The highest BCUT2D eigenvalue weighted by Gasteiger charge is 2.29. The number of rotatable bonds is 4. The molecule has 16 heavy (non-hydrogen) atoms. The topological polar surface area (TPSA) is 47.9 Å². The standard InChI is InChI=1S/C11H21NO3S/c1-10(2,3)16(13)12-7-5-6-11(4)14-8-9-15-11/h7H,5-6,8-9H2,1-4H3/b12-7+. The van der Waals surface area contributed by atoms with Crippen LogP contribution in [0.3, 0.4) is 0 Å². The van der Waals surface area contributed by atoms with Crippen LogP contribution in [0.5, 0.6) is 0 Å². The van der Waals surface area contributed by atoms with Crippen molar-refractivity contribution in [3.05, 3.63) is 0 Å². The Bertz CT molecular complexity index is 277. The Hall–Kier alpha value is -0.260. The third-order valence-electron chi connectivity index (χ3n) is 2.32. The zero-order chi connectivity index (χ0) is 12.2. The predicted molar refractivity (Wildman–Crippen MR) is 65.9 cm³/mol. The SMILES string of the molecule is CC1(CC/C=N/S(=O)C(C)(C)C)OCCO1. The molecule has 5 heteroatoms. The van der Waals surface area contributed by atoms with Gasteiger partial charge in [-0.2, -0.15) is 4.40 Å². The highest BCUT2D eigenvalue weighted by Crippen LogP contribution is 2.23. The minimum atomic E-state index is -1.17. The Balaban J connectivity index is 2.30. The number of hydrogen-bond donors (Lipinski definition) is 0. The molecule has 0 saturated carbocycles. The van der Waals surface area contributed by atoms with Crippen molar-refractivity contribution in [2.24, 2.45) is 4.40 Å². The summed E-state index contributed by atoms with van der Waals surface area (Å²) in [5, 5.41) is 0. The molecule has 0 aromatic carbocycles. The molecule has 0 bridgehead atoms. The number of hydrogen-bond acceptors (Lipinski definition) is 3. The third-order valence-corrected chi connectivity index (χ3v) is 3.71. The summed E-state index contributed by atoms with van der Waals surface area (Å²) in [6, 6.07) is 0. The van der Waals surface area contributed by atoms with Crippen molar-refractivity contribution in [3.63, 3.8) is 0 Å². The molecule has 1 unspecified atom stereocenters. The Morgan fingerprint density at radius 3 is 2.44 bits per heavy atom. The molecular formula is C11H21NO3S. The van der Waals surface area contributed by atoms with Crippen LogP contribution in [0, 0.1) is 0 Å². The summed E-state index contributed by atoms with van der Waals surface area (Å²) in [5.74, 6) is -0.477. The molecule has 1 heterocycles. The van der Waals surface area contributed by atoms with E-state index in [1.165, 1.54) is 0 Å². The van der Waals surface area contributed by atoms with Gasteiger partial charge < -0.3 is 9.47 Å². The van der Waals surface area contributed by atoms with Gasteiger partial charge in [-0.15, -0.1) is 0 Å². The molecule has 0 radical (unpaired) electrons. The summed E-state index contributed by atoms with van der Waals surface area (Å²) in [7, 11) is -1.17. The van der Waals surface area contributed by atoms with Crippen LogP contribution in [-0.4, -0.2) is 34.2 Å². The van der Waals surface area contributed by atoms with Crippen molar-refractivity contribution >= 4 is 17.2 Å². The Labute approximate surface area is 100 Å². The van der Waals surface area contributed by atoms with Crippen molar-refractivity contribution in [2.45, 2.75) is 51.1 Å². The lowest BCUT2D eigenvalue weighted by Gasteiger charge is -2.20. The van der Waals surface area contributed by atoms with Crippen LogP contribution in [0.1, 0.15) is 40.5 Å². The molecule has 0 aromatic heterocycles. The maximum Gasteiger partial charge on any atom is 0.166 e. The first-order valence-electron chi connectivity index (χ1n) is 5.56. The lowest BCUT2D eigenvalue weighted by atomic mass is 10.2. The van der Waals surface area contributed by atoms with Crippen molar-refractivity contribution in [1.29, 1.82) is 0 Å². The van der Waals surface area contributed by atoms with Crippen LogP contribution in [0.15, 0.2) is 4.40 Å². The normalized spacial score (nSPS) is 22.8. The van der Waals surface area contributed by atoms with Crippen molar-refractivity contribution in [2.75, 3.05) is 13.2 Å². The molecule has 1 fully saturated rings. The van der Waals surface area contributed by atoms with Gasteiger partial charge in [-0.1, -0.05) is 0 Å². The van der Waals surface area contributed by atoms with Gasteiger partial charge in [-0.25, -0.2) is 4.21 Å². The van der Waals surface area contributed by atoms with Gasteiger partial charge in [0.2, 0.25) is 0 Å². The molecule has 1 rings (SSSR count). The van der Waals surface area contributed by atoms with E-state index in [0.717, 1.165) is 12.8 Å². The second kappa shape index (κ2) is 5.38. The van der Waals surface area contributed by atoms with E-state index < -0.39 is 16.8 Å². The highest BCUT2D eigenvalue weighted by molar-refractivity contribution is 7.85. The van der Waals surface area contributed by atoms with Gasteiger partial charge in [-0.3, -0.25) is 0 Å². The van der Waals surface area contributed by atoms with E-state index in [1.54, 1.807) is 6.21 Å². The summed E-state index contributed by atoms with van der Waals surface area (Å²) in [6.45, 7) is 8.96. The number of ether oxygens (including phenoxy) is 2. The molecule has 94 valence electrons. The summed E-state index contributed by atoms with van der Waals surface area (Å²) in [6.07, 6.45) is 3.17. The Morgan fingerprint density at radius 1 is 1.38 bits per heavy atom. The molecule has 1 aliphatic heterocycles. The average Bonchev–Trinajstić information content (AvgIpc) is 2.58. The van der Waals surface area contributed by atoms with Gasteiger partial charge in [0.15, 0.2) is 5.79 Å². The summed E-state index contributed by atoms with van der Waals surface area (Å²) in [5.41, 5.74) is 0. The molecule has 1 saturated heterocycles.